The van der Waals surface area contributed by atoms with Crippen LogP contribution in [0.1, 0.15) is 39.6 Å². The zero-order valence-corrected chi connectivity index (χ0v) is 19.1. The normalized spacial score (nSPS) is 26.6. The minimum absolute atomic E-state index is 0.0686. The van der Waals surface area contributed by atoms with E-state index >= 15 is 0 Å². The van der Waals surface area contributed by atoms with Gasteiger partial charge in [0, 0.05) is 28.3 Å². The fourth-order valence-electron chi connectivity index (χ4n) is 5.51. The number of H-pyrrole nitrogens is 1. The summed E-state index contributed by atoms with van der Waals surface area (Å²) in [4.78, 5) is 16.3. The second kappa shape index (κ2) is 7.91. The fraction of sp³-hybridized carbons (Fsp3) is 0.192. The summed E-state index contributed by atoms with van der Waals surface area (Å²) in [5.41, 5.74) is -0.512. The third-order valence-electron chi connectivity index (χ3n) is 7.02. The molecular weight excluding hydrogens is 468 g/mol. The van der Waals surface area contributed by atoms with Crippen LogP contribution < -0.4 is 10.1 Å². The van der Waals surface area contributed by atoms with E-state index < -0.39 is 23.2 Å². The van der Waals surface area contributed by atoms with Crippen LogP contribution in [0.4, 0.5) is 5.69 Å². The van der Waals surface area contributed by atoms with E-state index in [1.807, 2.05) is 42.5 Å². The Bertz CT molecular complexity index is 1400. The first-order valence-electron chi connectivity index (χ1n) is 11.1. The first-order chi connectivity index (χ1) is 16.9. The lowest BCUT2D eigenvalue weighted by molar-refractivity contribution is -0.149. The summed E-state index contributed by atoms with van der Waals surface area (Å²) in [5.74, 6) is -0.380. The van der Waals surface area contributed by atoms with Crippen molar-refractivity contribution in [1.82, 2.24) is 15.2 Å². The minimum Gasteiger partial charge on any atom is -0.478 e. The maximum absolute atomic E-state index is 12.5. The Balaban J connectivity index is 1.48. The maximum atomic E-state index is 12.5. The van der Waals surface area contributed by atoms with E-state index in [4.69, 9.17) is 16.3 Å². The van der Waals surface area contributed by atoms with Gasteiger partial charge in [-0.25, -0.2) is 4.98 Å². The molecule has 1 amide bonds. The Morgan fingerprint density at radius 1 is 1.11 bits per heavy atom. The Morgan fingerprint density at radius 2 is 1.89 bits per heavy atom. The van der Waals surface area contributed by atoms with Gasteiger partial charge in [0.05, 0.1) is 6.10 Å². The van der Waals surface area contributed by atoms with Crippen LogP contribution in [0.2, 0.25) is 5.02 Å². The second-order valence-electron chi connectivity index (χ2n) is 8.82. The molecule has 1 aliphatic carbocycles. The number of nitrogens with one attached hydrogen (secondary N) is 2. The number of carbonyl (C=O) groups excluding carboxylic acids is 1. The van der Waals surface area contributed by atoms with E-state index in [1.165, 1.54) is 6.33 Å². The van der Waals surface area contributed by atoms with Crippen LogP contribution >= 0.6 is 11.6 Å². The summed E-state index contributed by atoms with van der Waals surface area (Å²) in [6.07, 6.45) is 0.449. The topological polar surface area (TPSA) is 120 Å². The molecule has 0 radical (unpaired) electrons. The number of amides is 1. The van der Waals surface area contributed by atoms with Crippen molar-refractivity contribution in [3.63, 3.8) is 0 Å². The number of carbonyl (C=O) groups is 1. The first-order valence-corrected chi connectivity index (χ1v) is 11.5. The summed E-state index contributed by atoms with van der Waals surface area (Å²) in [7, 11) is 0. The number of aliphatic hydroxyl groups is 2. The molecule has 1 aliphatic heterocycles. The lowest BCUT2D eigenvalue weighted by Gasteiger charge is -2.40. The summed E-state index contributed by atoms with van der Waals surface area (Å²) in [5, 5.41) is 33.1. The molecule has 0 bridgehead atoms. The van der Waals surface area contributed by atoms with E-state index in [2.05, 4.69) is 20.5 Å². The van der Waals surface area contributed by atoms with Crippen LogP contribution in [0.5, 0.6) is 5.75 Å². The van der Waals surface area contributed by atoms with Gasteiger partial charge in [0.1, 0.15) is 12.1 Å². The third kappa shape index (κ3) is 3.11. The number of hydrogen-bond acceptors (Lipinski definition) is 6. The molecule has 6 rings (SSSR count). The molecule has 0 spiro atoms. The number of hydrogen-bond donors (Lipinski definition) is 4. The van der Waals surface area contributed by atoms with Crippen molar-refractivity contribution < 1.29 is 19.7 Å². The number of rotatable bonds is 4. The number of benzene rings is 3. The van der Waals surface area contributed by atoms with Gasteiger partial charge in [-0.3, -0.25) is 9.89 Å². The van der Waals surface area contributed by atoms with Gasteiger partial charge >= 0.3 is 0 Å². The number of aromatic amines is 1. The largest absolute Gasteiger partial charge is 0.478 e. The summed E-state index contributed by atoms with van der Waals surface area (Å²) in [6.45, 7) is 0. The smallest absolute Gasteiger partial charge is 0.292 e. The average Bonchev–Trinajstić information content (AvgIpc) is 3.54. The minimum atomic E-state index is -1.73. The van der Waals surface area contributed by atoms with Crippen molar-refractivity contribution in [2.24, 2.45) is 0 Å². The Labute approximate surface area is 205 Å². The zero-order valence-electron chi connectivity index (χ0n) is 18.4. The predicted molar refractivity (Wildman–Crippen MR) is 128 cm³/mol. The number of ether oxygens (including phenoxy) is 1. The molecule has 1 saturated carbocycles. The average molecular weight is 489 g/mol. The van der Waals surface area contributed by atoms with Crippen molar-refractivity contribution in [3.8, 4) is 5.75 Å². The first kappa shape index (κ1) is 21.8. The van der Waals surface area contributed by atoms with Gasteiger partial charge in [-0.2, -0.15) is 5.10 Å². The Hall–Kier alpha value is -3.72. The molecule has 176 valence electrons. The van der Waals surface area contributed by atoms with E-state index in [1.54, 1.807) is 30.3 Å². The van der Waals surface area contributed by atoms with E-state index in [0.29, 0.717) is 34.0 Å². The van der Waals surface area contributed by atoms with Crippen molar-refractivity contribution in [2.75, 3.05) is 5.32 Å². The molecule has 4 aromatic rings. The van der Waals surface area contributed by atoms with Crippen molar-refractivity contribution >= 4 is 23.2 Å². The zero-order chi connectivity index (χ0) is 24.2. The van der Waals surface area contributed by atoms with Crippen LogP contribution in [0.15, 0.2) is 79.1 Å². The van der Waals surface area contributed by atoms with E-state index in [-0.39, 0.29) is 11.7 Å². The summed E-state index contributed by atoms with van der Waals surface area (Å²) in [6, 6.07) is 21.8. The molecule has 9 heteroatoms. The van der Waals surface area contributed by atoms with Gasteiger partial charge in [-0.05, 0) is 35.7 Å². The molecule has 4 unspecified atom stereocenters. The van der Waals surface area contributed by atoms with Crippen molar-refractivity contribution in [1.29, 1.82) is 0 Å². The van der Waals surface area contributed by atoms with Crippen LogP contribution in [0.25, 0.3) is 0 Å². The fourth-order valence-corrected chi connectivity index (χ4v) is 5.64. The summed E-state index contributed by atoms with van der Waals surface area (Å²) >= 11 is 6.17. The third-order valence-corrected chi connectivity index (χ3v) is 7.28. The van der Waals surface area contributed by atoms with Crippen LogP contribution in [-0.4, -0.2) is 37.4 Å². The van der Waals surface area contributed by atoms with Crippen molar-refractivity contribution in [3.05, 3.63) is 107 Å². The molecular formula is C26H21ClN4O4. The molecule has 2 heterocycles. The molecule has 1 aromatic heterocycles. The predicted octanol–water partition coefficient (Wildman–Crippen LogP) is 3.73. The molecule has 4 N–H and O–H groups in total. The monoisotopic (exact) mass is 488 g/mol. The number of nitrogens with zero attached hydrogens (tertiary/aromatic N) is 2. The van der Waals surface area contributed by atoms with Crippen LogP contribution in [0.3, 0.4) is 0 Å². The summed E-state index contributed by atoms with van der Waals surface area (Å²) < 4.78 is 6.66. The molecule has 2 aliphatic rings. The lowest BCUT2D eigenvalue weighted by Crippen LogP contribution is -2.51. The quantitative estimate of drug-likeness (QED) is 0.347. The highest BCUT2D eigenvalue weighted by Gasteiger charge is 2.72. The van der Waals surface area contributed by atoms with E-state index in [9.17, 15) is 15.0 Å². The SMILES string of the molecule is O=C(Nc1ccc2c(c1)OC1(c3ccc(Cl)cc3)C(c3ccccc3)CC(O)C21O)c1ncn[nH]1. The second-order valence-corrected chi connectivity index (χ2v) is 9.26. The highest BCUT2D eigenvalue weighted by molar-refractivity contribution is 6.30. The number of anilines is 1. The molecule has 35 heavy (non-hydrogen) atoms. The Kier molecular flexibility index (Phi) is 4.93. The molecule has 4 atom stereocenters. The van der Waals surface area contributed by atoms with Gasteiger partial charge in [-0.1, -0.05) is 60.1 Å². The number of fused-ring (bicyclic) bond motifs is 3. The highest BCUT2D eigenvalue weighted by Crippen LogP contribution is 2.66. The number of aromatic nitrogens is 3. The molecule has 8 nitrogen and oxygen atoms in total. The Morgan fingerprint density at radius 3 is 2.60 bits per heavy atom. The van der Waals surface area contributed by atoms with Crippen molar-refractivity contribution in [2.45, 2.75) is 29.6 Å². The molecule has 1 fully saturated rings. The van der Waals surface area contributed by atoms with Crippen LogP contribution in [0, 0.1) is 0 Å². The molecule has 0 saturated heterocycles. The lowest BCUT2D eigenvalue weighted by atomic mass is 9.71. The number of aliphatic hydroxyl groups excluding tert-OH is 1. The van der Waals surface area contributed by atoms with Gasteiger partial charge < -0.3 is 20.3 Å². The van der Waals surface area contributed by atoms with Gasteiger partial charge in [0.15, 0.2) is 11.2 Å². The van der Waals surface area contributed by atoms with Gasteiger partial charge in [-0.15, -0.1) is 0 Å². The van der Waals surface area contributed by atoms with Gasteiger partial charge in [0.2, 0.25) is 5.82 Å². The van der Waals surface area contributed by atoms with Crippen LogP contribution in [-0.2, 0) is 11.2 Å². The van der Waals surface area contributed by atoms with Gasteiger partial charge in [0.25, 0.3) is 5.91 Å². The molecule has 3 aromatic carbocycles. The van der Waals surface area contributed by atoms with E-state index in [0.717, 1.165) is 5.56 Å². The number of halogens is 1. The maximum Gasteiger partial charge on any atom is 0.292 e. The highest BCUT2D eigenvalue weighted by atomic mass is 35.5. The standard InChI is InChI=1S/C26H21ClN4O4/c27-17-8-6-16(7-9-17)26-20(15-4-2-1-3-5-15)13-22(32)25(26,34)19-11-10-18(12-21(19)35-26)30-24(33)23-28-14-29-31-23/h1-12,14,20,22,32,34H,13H2,(H,30,33)(H,28,29,31).